The molecule has 0 bridgehead atoms. The van der Waals surface area contributed by atoms with Gasteiger partial charge in [-0.15, -0.1) is 0 Å². The lowest BCUT2D eigenvalue weighted by molar-refractivity contribution is 0.0977. The van der Waals surface area contributed by atoms with E-state index in [9.17, 15) is 13.2 Å². The van der Waals surface area contributed by atoms with E-state index in [1.165, 1.54) is 0 Å². The summed E-state index contributed by atoms with van der Waals surface area (Å²) in [4.78, 5) is 11.8. The predicted molar refractivity (Wildman–Crippen MR) is 98.0 cm³/mol. The number of hydrogen-bond acceptors (Lipinski definition) is 4. The molecule has 0 heterocycles. The Kier molecular flexibility index (Phi) is 5.79. The summed E-state index contributed by atoms with van der Waals surface area (Å²) < 4.78 is 22.7. The van der Waals surface area contributed by atoms with Gasteiger partial charge in [-0.25, -0.2) is 13.6 Å². The maximum Gasteiger partial charge on any atom is 0.257 e. The average Bonchev–Trinajstić information content (AvgIpc) is 2.50. The Morgan fingerprint density at radius 2 is 1.62 bits per heavy atom. The molecule has 0 aliphatic heterocycles. The molecule has 0 atom stereocenters. The van der Waals surface area contributed by atoms with E-state index in [-0.39, 0.29) is 25.7 Å². The molecule has 0 aromatic heterocycles. The van der Waals surface area contributed by atoms with Crippen LogP contribution in [0.3, 0.4) is 0 Å². The van der Waals surface area contributed by atoms with E-state index in [0.717, 1.165) is 12.1 Å². The normalized spacial score (nSPS) is 11.0. The van der Waals surface area contributed by atoms with Gasteiger partial charge in [-0.3, -0.25) is 10.1 Å². The molecule has 0 saturated carbocycles. The van der Waals surface area contributed by atoms with Crippen LogP contribution in [-0.2, 0) is 10.0 Å². The Balaban J connectivity index is 2.16. The first kappa shape index (κ1) is 18.6. The second-order valence-corrected chi connectivity index (χ2v) is 7.37. The van der Waals surface area contributed by atoms with Gasteiger partial charge in [0.05, 0.1) is 20.6 Å². The number of carbonyl (C=O) groups excluding carboxylic acids is 1. The zero-order valence-corrected chi connectivity index (χ0v) is 15.1. The summed E-state index contributed by atoms with van der Waals surface area (Å²) in [6.07, 6.45) is 0. The van der Waals surface area contributed by atoms with Crippen LogP contribution in [0.4, 0.5) is 5.69 Å². The van der Waals surface area contributed by atoms with Gasteiger partial charge < -0.3 is 5.32 Å². The smallest absolute Gasteiger partial charge is 0.257 e. The van der Waals surface area contributed by atoms with Crippen molar-refractivity contribution in [2.24, 2.45) is 5.14 Å². The molecule has 126 valence electrons. The van der Waals surface area contributed by atoms with Crippen LogP contribution >= 0.6 is 35.4 Å². The minimum absolute atomic E-state index is 0.0113. The standard InChI is InChI=1S/C14H11Cl2N3O3S2/c15-10-6-9(24(17,21)22)7-11(16)12(10)18-14(23)19-13(20)8-4-2-1-3-5-8/h1-7H,(H2,17,21,22)(H2,18,19,20,23). The summed E-state index contributed by atoms with van der Waals surface area (Å²) in [5.41, 5.74) is 0.576. The van der Waals surface area contributed by atoms with Crippen LogP contribution in [0.25, 0.3) is 0 Å². The molecule has 2 aromatic rings. The average molecular weight is 404 g/mol. The Labute approximate surface area is 154 Å². The van der Waals surface area contributed by atoms with Crippen molar-refractivity contribution >= 4 is 62.2 Å². The monoisotopic (exact) mass is 403 g/mol. The van der Waals surface area contributed by atoms with Crippen molar-refractivity contribution in [3.8, 4) is 0 Å². The van der Waals surface area contributed by atoms with Gasteiger partial charge in [0.15, 0.2) is 5.11 Å². The molecule has 24 heavy (non-hydrogen) atoms. The molecule has 0 unspecified atom stereocenters. The number of carbonyl (C=O) groups is 1. The molecule has 2 aromatic carbocycles. The van der Waals surface area contributed by atoms with E-state index in [1.807, 2.05) is 0 Å². The fourth-order valence-electron chi connectivity index (χ4n) is 1.74. The minimum Gasteiger partial charge on any atom is -0.330 e. The van der Waals surface area contributed by atoms with Gasteiger partial charge in [-0.1, -0.05) is 41.4 Å². The molecular weight excluding hydrogens is 393 g/mol. The van der Waals surface area contributed by atoms with Crippen LogP contribution in [0, 0.1) is 0 Å². The molecule has 0 radical (unpaired) electrons. The van der Waals surface area contributed by atoms with Crippen molar-refractivity contribution in [1.29, 1.82) is 0 Å². The van der Waals surface area contributed by atoms with Crippen LogP contribution in [0.1, 0.15) is 10.4 Å². The number of sulfonamides is 1. The number of primary sulfonamides is 1. The van der Waals surface area contributed by atoms with E-state index in [4.69, 9.17) is 40.6 Å². The Morgan fingerprint density at radius 1 is 1.08 bits per heavy atom. The molecule has 0 fully saturated rings. The lowest BCUT2D eigenvalue weighted by Crippen LogP contribution is -2.34. The number of benzene rings is 2. The fraction of sp³-hybridized carbons (Fsp3) is 0. The van der Waals surface area contributed by atoms with Crippen molar-refractivity contribution in [2.75, 3.05) is 5.32 Å². The van der Waals surface area contributed by atoms with Gasteiger partial charge in [0.25, 0.3) is 5.91 Å². The number of hydrogen-bond donors (Lipinski definition) is 3. The lowest BCUT2D eigenvalue weighted by atomic mass is 10.2. The first-order valence-corrected chi connectivity index (χ1v) is 9.09. The van der Waals surface area contributed by atoms with Gasteiger partial charge in [0, 0.05) is 5.56 Å². The van der Waals surface area contributed by atoms with Crippen LogP contribution in [0.15, 0.2) is 47.4 Å². The van der Waals surface area contributed by atoms with Crippen molar-refractivity contribution in [3.05, 3.63) is 58.1 Å². The van der Waals surface area contributed by atoms with Gasteiger partial charge in [-0.2, -0.15) is 0 Å². The third-order valence-corrected chi connectivity index (χ3v) is 4.54. The van der Waals surface area contributed by atoms with E-state index < -0.39 is 15.9 Å². The maximum absolute atomic E-state index is 12.0. The van der Waals surface area contributed by atoms with Gasteiger partial charge in [0.2, 0.25) is 10.0 Å². The number of nitrogens with two attached hydrogens (primary N) is 1. The van der Waals surface area contributed by atoms with Crippen LogP contribution in [0.2, 0.25) is 10.0 Å². The number of halogens is 2. The van der Waals surface area contributed by atoms with Gasteiger partial charge in [-0.05, 0) is 36.5 Å². The summed E-state index contributed by atoms with van der Waals surface area (Å²) in [7, 11) is -3.95. The number of thiocarbonyl (C=S) groups is 1. The summed E-state index contributed by atoms with van der Waals surface area (Å²) in [5, 5.41) is 10.1. The largest absolute Gasteiger partial charge is 0.330 e. The maximum atomic E-state index is 12.0. The summed E-state index contributed by atoms with van der Waals surface area (Å²) >= 11 is 17.0. The zero-order valence-electron chi connectivity index (χ0n) is 11.9. The molecule has 2 rings (SSSR count). The van der Waals surface area contributed by atoms with Crippen molar-refractivity contribution < 1.29 is 13.2 Å². The molecule has 10 heteroatoms. The van der Waals surface area contributed by atoms with Crippen LogP contribution in [-0.4, -0.2) is 19.4 Å². The molecule has 0 saturated heterocycles. The van der Waals surface area contributed by atoms with E-state index in [0.29, 0.717) is 5.56 Å². The highest BCUT2D eigenvalue weighted by molar-refractivity contribution is 7.89. The second-order valence-electron chi connectivity index (χ2n) is 4.58. The van der Waals surface area contributed by atoms with Crippen LogP contribution < -0.4 is 15.8 Å². The second kappa shape index (κ2) is 7.45. The minimum atomic E-state index is -3.95. The third kappa shape index (κ3) is 4.65. The van der Waals surface area contributed by atoms with E-state index in [2.05, 4.69) is 10.6 Å². The number of amides is 1. The Bertz CT molecular complexity index is 880. The highest BCUT2D eigenvalue weighted by Gasteiger charge is 2.16. The van der Waals surface area contributed by atoms with Gasteiger partial charge in [0.1, 0.15) is 0 Å². The highest BCUT2D eigenvalue weighted by atomic mass is 35.5. The number of nitrogens with one attached hydrogen (secondary N) is 2. The highest BCUT2D eigenvalue weighted by Crippen LogP contribution is 2.33. The first-order chi connectivity index (χ1) is 11.2. The predicted octanol–water partition coefficient (Wildman–Crippen LogP) is 2.77. The molecule has 0 spiro atoms. The fourth-order valence-corrected chi connectivity index (χ4v) is 3.21. The Hall–Kier alpha value is -1.71. The SMILES string of the molecule is NS(=O)(=O)c1cc(Cl)c(NC(=S)NC(=O)c2ccccc2)c(Cl)c1. The molecule has 4 N–H and O–H groups in total. The zero-order chi connectivity index (χ0) is 17.9. The summed E-state index contributed by atoms with van der Waals surface area (Å²) in [6.45, 7) is 0. The third-order valence-electron chi connectivity index (χ3n) is 2.85. The van der Waals surface area contributed by atoms with E-state index in [1.54, 1.807) is 30.3 Å². The lowest BCUT2D eigenvalue weighted by Gasteiger charge is -2.13. The summed E-state index contributed by atoms with van der Waals surface area (Å²) in [6, 6.07) is 10.7. The first-order valence-electron chi connectivity index (χ1n) is 6.37. The van der Waals surface area contributed by atoms with E-state index >= 15 is 0 Å². The molecule has 1 amide bonds. The number of anilines is 1. The van der Waals surface area contributed by atoms with Crippen molar-refractivity contribution in [1.82, 2.24) is 5.32 Å². The van der Waals surface area contributed by atoms with Crippen molar-refractivity contribution in [2.45, 2.75) is 4.90 Å². The molecule has 0 aliphatic carbocycles. The quantitative estimate of drug-likeness (QED) is 0.683. The Morgan fingerprint density at radius 3 is 2.12 bits per heavy atom. The molecular formula is C14H11Cl2N3O3S2. The number of rotatable bonds is 3. The molecule has 0 aliphatic rings. The van der Waals surface area contributed by atoms with Crippen molar-refractivity contribution in [3.63, 3.8) is 0 Å². The topological polar surface area (TPSA) is 101 Å². The van der Waals surface area contributed by atoms with Crippen LogP contribution in [0.5, 0.6) is 0 Å². The summed E-state index contributed by atoms with van der Waals surface area (Å²) in [5.74, 6) is -0.415. The van der Waals surface area contributed by atoms with Gasteiger partial charge >= 0.3 is 0 Å². The molecule has 6 nitrogen and oxygen atoms in total.